The molecule has 126 valence electrons. The van der Waals surface area contributed by atoms with E-state index in [1.165, 1.54) is 15.6 Å². The topological polar surface area (TPSA) is 69.7 Å². The molecule has 3 fully saturated rings. The van der Waals surface area contributed by atoms with Gasteiger partial charge in [-0.2, -0.15) is 4.31 Å². The minimum absolute atomic E-state index is 0.00275. The standard InChI is InChI=1S/C15H21N3O3S2/c19-15(17-9-11-7-16-8-12(11)10-17)13-3-1-5-18(13)23(20,21)14-4-2-6-22-14/h2,4,6,11-13,16H,1,3,5,7-10H2/t11-,12+,13?. The number of carbonyl (C=O) groups is 1. The third-order valence-electron chi connectivity index (χ3n) is 5.25. The van der Waals surface area contributed by atoms with Crippen molar-refractivity contribution in [3.05, 3.63) is 17.5 Å². The number of sulfonamides is 1. The van der Waals surface area contributed by atoms with Gasteiger partial charge in [0.1, 0.15) is 10.3 Å². The van der Waals surface area contributed by atoms with E-state index in [2.05, 4.69) is 5.32 Å². The zero-order valence-corrected chi connectivity index (χ0v) is 14.5. The lowest BCUT2D eigenvalue weighted by Crippen LogP contribution is -2.47. The summed E-state index contributed by atoms with van der Waals surface area (Å²) in [7, 11) is -3.55. The van der Waals surface area contributed by atoms with Crippen LogP contribution in [0.5, 0.6) is 0 Å². The third-order valence-corrected chi connectivity index (χ3v) is 8.53. The van der Waals surface area contributed by atoms with E-state index in [0.29, 0.717) is 29.0 Å². The van der Waals surface area contributed by atoms with Gasteiger partial charge in [0, 0.05) is 32.7 Å². The van der Waals surface area contributed by atoms with Crippen LogP contribution in [-0.2, 0) is 14.8 Å². The van der Waals surface area contributed by atoms with Crippen LogP contribution < -0.4 is 5.32 Å². The molecule has 0 saturated carbocycles. The van der Waals surface area contributed by atoms with Crippen molar-refractivity contribution in [3.63, 3.8) is 0 Å². The van der Waals surface area contributed by atoms with Gasteiger partial charge in [-0.3, -0.25) is 4.79 Å². The van der Waals surface area contributed by atoms with Gasteiger partial charge < -0.3 is 10.2 Å². The summed E-state index contributed by atoms with van der Waals surface area (Å²) in [6.45, 7) is 3.91. The lowest BCUT2D eigenvalue weighted by atomic mass is 10.0. The first kappa shape index (κ1) is 15.6. The number of fused-ring (bicyclic) bond motifs is 1. The molecule has 1 amide bonds. The van der Waals surface area contributed by atoms with Crippen molar-refractivity contribution in [2.75, 3.05) is 32.7 Å². The molecule has 1 unspecified atom stereocenters. The fourth-order valence-electron chi connectivity index (χ4n) is 4.05. The molecule has 0 bridgehead atoms. The van der Waals surface area contributed by atoms with Crippen LogP contribution in [0.4, 0.5) is 0 Å². The molecule has 0 radical (unpaired) electrons. The highest BCUT2D eigenvalue weighted by molar-refractivity contribution is 7.91. The fourth-order valence-corrected chi connectivity index (χ4v) is 6.82. The second-order valence-electron chi connectivity index (χ2n) is 6.63. The quantitative estimate of drug-likeness (QED) is 0.861. The average molecular weight is 355 g/mol. The minimum Gasteiger partial charge on any atom is -0.341 e. The number of carbonyl (C=O) groups excluding carboxylic acids is 1. The van der Waals surface area contributed by atoms with E-state index in [4.69, 9.17) is 0 Å². The Balaban J connectivity index is 1.53. The fraction of sp³-hybridized carbons (Fsp3) is 0.667. The summed E-state index contributed by atoms with van der Waals surface area (Å²) in [5.41, 5.74) is 0. The summed E-state index contributed by atoms with van der Waals surface area (Å²) in [5, 5.41) is 5.12. The molecule has 1 N–H and O–H groups in total. The molecule has 0 spiro atoms. The van der Waals surface area contributed by atoms with Crippen LogP contribution >= 0.6 is 11.3 Å². The van der Waals surface area contributed by atoms with E-state index in [1.54, 1.807) is 17.5 Å². The average Bonchev–Trinajstić information content (AvgIpc) is 3.28. The van der Waals surface area contributed by atoms with E-state index in [-0.39, 0.29) is 5.91 Å². The van der Waals surface area contributed by atoms with Crippen molar-refractivity contribution in [1.82, 2.24) is 14.5 Å². The number of hydrogen-bond donors (Lipinski definition) is 1. The third kappa shape index (κ3) is 2.61. The van der Waals surface area contributed by atoms with E-state index in [1.807, 2.05) is 4.90 Å². The maximum absolute atomic E-state index is 12.9. The van der Waals surface area contributed by atoms with E-state index >= 15 is 0 Å². The number of nitrogens with zero attached hydrogens (tertiary/aromatic N) is 2. The SMILES string of the molecule is O=C(C1CCCN1S(=O)(=O)c1cccs1)N1C[C@H]2CNC[C@H]2C1. The monoisotopic (exact) mass is 355 g/mol. The number of amides is 1. The molecule has 8 heteroatoms. The molecule has 6 nitrogen and oxygen atoms in total. The van der Waals surface area contributed by atoms with Crippen molar-refractivity contribution in [2.24, 2.45) is 11.8 Å². The van der Waals surface area contributed by atoms with E-state index in [9.17, 15) is 13.2 Å². The Labute approximate surface area is 140 Å². The normalized spacial score (nSPS) is 31.7. The van der Waals surface area contributed by atoms with Gasteiger partial charge in [-0.15, -0.1) is 11.3 Å². The maximum atomic E-state index is 12.9. The van der Waals surface area contributed by atoms with Crippen LogP contribution in [0.25, 0.3) is 0 Å². The largest absolute Gasteiger partial charge is 0.341 e. The Hall–Kier alpha value is -0.960. The Morgan fingerprint density at radius 2 is 2.00 bits per heavy atom. The molecule has 0 aromatic carbocycles. The van der Waals surface area contributed by atoms with Crippen LogP contribution in [0.1, 0.15) is 12.8 Å². The summed E-state index contributed by atoms with van der Waals surface area (Å²) < 4.78 is 27.3. The number of thiophene rings is 1. The first-order valence-corrected chi connectivity index (χ1v) is 10.4. The van der Waals surface area contributed by atoms with Gasteiger partial charge in [0.25, 0.3) is 10.0 Å². The van der Waals surface area contributed by atoms with Crippen LogP contribution in [0.3, 0.4) is 0 Å². The van der Waals surface area contributed by atoms with Crippen molar-refractivity contribution in [2.45, 2.75) is 23.1 Å². The molecule has 1 aromatic heterocycles. The van der Waals surface area contributed by atoms with Gasteiger partial charge in [0.05, 0.1) is 0 Å². The number of likely N-dealkylation sites (tertiary alicyclic amines) is 1. The molecule has 4 rings (SSSR count). The first-order valence-electron chi connectivity index (χ1n) is 8.12. The van der Waals surface area contributed by atoms with Crippen LogP contribution in [0.15, 0.2) is 21.7 Å². The van der Waals surface area contributed by atoms with Crippen LogP contribution in [0.2, 0.25) is 0 Å². The number of hydrogen-bond acceptors (Lipinski definition) is 5. The van der Waals surface area contributed by atoms with Crippen molar-refractivity contribution < 1.29 is 13.2 Å². The molecule has 1 aromatic rings. The van der Waals surface area contributed by atoms with E-state index < -0.39 is 16.1 Å². The lowest BCUT2D eigenvalue weighted by molar-refractivity contribution is -0.133. The summed E-state index contributed by atoms with van der Waals surface area (Å²) in [6.07, 6.45) is 1.39. The van der Waals surface area contributed by atoms with E-state index in [0.717, 1.165) is 32.6 Å². The molecule has 3 saturated heterocycles. The molecule has 23 heavy (non-hydrogen) atoms. The highest BCUT2D eigenvalue weighted by Crippen LogP contribution is 2.32. The molecule has 3 atom stereocenters. The van der Waals surface area contributed by atoms with Gasteiger partial charge >= 0.3 is 0 Å². The number of rotatable bonds is 3. The molecule has 3 aliphatic rings. The molecule has 0 aliphatic carbocycles. The predicted molar refractivity (Wildman–Crippen MR) is 87.7 cm³/mol. The molecule has 4 heterocycles. The summed E-state index contributed by atoms with van der Waals surface area (Å²) in [4.78, 5) is 14.8. The smallest absolute Gasteiger partial charge is 0.253 e. The van der Waals surface area contributed by atoms with Gasteiger partial charge in [-0.05, 0) is 36.1 Å². The van der Waals surface area contributed by atoms with Gasteiger partial charge in [0.2, 0.25) is 5.91 Å². The zero-order valence-electron chi connectivity index (χ0n) is 12.8. The second-order valence-corrected chi connectivity index (χ2v) is 9.69. The van der Waals surface area contributed by atoms with Gasteiger partial charge in [0.15, 0.2) is 0 Å². The van der Waals surface area contributed by atoms with Crippen LogP contribution in [-0.4, -0.2) is 62.3 Å². The summed E-state index contributed by atoms with van der Waals surface area (Å²) in [5.74, 6) is 1.06. The molecular weight excluding hydrogens is 334 g/mol. The van der Waals surface area contributed by atoms with Crippen molar-refractivity contribution in [3.8, 4) is 0 Å². The summed E-state index contributed by atoms with van der Waals surface area (Å²) >= 11 is 1.21. The maximum Gasteiger partial charge on any atom is 0.253 e. The highest BCUT2D eigenvalue weighted by Gasteiger charge is 2.45. The molecular formula is C15H21N3O3S2. The second kappa shape index (κ2) is 5.84. The van der Waals surface area contributed by atoms with Gasteiger partial charge in [-0.1, -0.05) is 6.07 Å². The summed E-state index contributed by atoms with van der Waals surface area (Å²) in [6, 6.07) is 2.83. The zero-order chi connectivity index (χ0) is 16.0. The minimum atomic E-state index is -3.55. The van der Waals surface area contributed by atoms with Gasteiger partial charge in [-0.25, -0.2) is 8.42 Å². The lowest BCUT2D eigenvalue weighted by Gasteiger charge is -2.27. The molecule has 3 aliphatic heterocycles. The van der Waals surface area contributed by atoms with Crippen LogP contribution in [0, 0.1) is 11.8 Å². The number of nitrogens with one attached hydrogen (secondary N) is 1. The Morgan fingerprint density at radius 3 is 2.65 bits per heavy atom. The predicted octanol–water partition coefficient (Wildman–Crippen LogP) is 0.579. The first-order chi connectivity index (χ1) is 11.1. The Bertz CT molecular complexity index is 677. The van der Waals surface area contributed by atoms with Crippen molar-refractivity contribution in [1.29, 1.82) is 0 Å². The Morgan fingerprint density at radius 1 is 1.26 bits per heavy atom. The Kier molecular flexibility index (Phi) is 3.95. The highest BCUT2D eigenvalue weighted by atomic mass is 32.2. The van der Waals surface area contributed by atoms with Crippen molar-refractivity contribution >= 4 is 27.3 Å².